The molecule has 0 bridgehead atoms. The molecule has 2 atom stereocenters. The molecule has 0 aliphatic carbocycles. The smallest absolute Gasteiger partial charge is 0.408 e. The standard InChI is InChI=1S/C27H35N3O3.ClH/c1-18(2)29(27(32)33)26-15-19(3)30(20(4)31)25-12-11-23(16-24(25)26)22-9-7-21(8-10-22)17-28-13-5-6-14-28;/h7-12,16,18-19,26H,5-6,13-15,17H2,1-4H3,(H,32,33);1H/t19-,26+;/m0./s1. The summed E-state index contributed by atoms with van der Waals surface area (Å²) in [6.45, 7) is 10.7. The first-order valence-electron chi connectivity index (χ1n) is 12.0. The van der Waals surface area contributed by atoms with E-state index in [1.165, 1.54) is 36.4 Å². The van der Waals surface area contributed by atoms with Gasteiger partial charge in [0.15, 0.2) is 0 Å². The third-order valence-electron chi connectivity index (χ3n) is 7.00. The summed E-state index contributed by atoms with van der Waals surface area (Å²) in [7, 11) is 0. The number of benzene rings is 2. The van der Waals surface area contributed by atoms with Crippen molar-refractivity contribution in [3.8, 4) is 11.1 Å². The zero-order valence-corrected chi connectivity index (χ0v) is 21.3. The molecule has 7 heteroatoms. The quantitative estimate of drug-likeness (QED) is 0.568. The van der Waals surface area contributed by atoms with Crippen LogP contribution < -0.4 is 4.90 Å². The number of hydrogen-bond acceptors (Lipinski definition) is 3. The summed E-state index contributed by atoms with van der Waals surface area (Å²) in [5.41, 5.74) is 5.16. The maximum atomic E-state index is 12.4. The molecule has 2 aromatic rings. The average Bonchev–Trinajstić information content (AvgIpc) is 3.26. The number of carboxylic acid groups (broad SMARTS) is 1. The van der Waals surface area contributed by atoms with Crippen molar-refractivity contribution in [2.24, 2.45) is 0 Å². The van der Waals surface area contributed by atoms with Gasteiger partial charge in [-0.25, -0.2) is 4.79 Å². The molecule has 6 nitrogen and oxygen atoms in total. The molecule has 0 spiro atoms. The Balaban J connectivity index is 0.00000324. The molecule has 184 valence electrons. The average molecular weight is 486 g/mol. The predicted molar refractivity (Wildman–Crippen MR) is 139 cm³/mol. The fourth-order valence-corrected chi connectivity index (χ4v) is 5.47. The maximum absolute atomic E-state index is 12.4. The molecule has 0 radical (unpaired) electrons. The number of hydrogen-bond donors (Lipinski definition) is 1. The van der Waals surface area contributed by atoms with Gasteiger partial charge >= 0.3 is 6.09 Å². The van der Waals surface area contributed by atoms with E-state index < -0.39 is 6.09 Å². The molecule has 2 aliphatic rings. The summed E-state index contributed by atoms with van der Waals surface area (Å²) in [6.07, 6.45) is 2.22. The van der Waals surface area contributed by atoms with Gasteiger partial charge in [-0.2, -0.15) is 0 Å². The molecule has 34 heavy (non-hydrogen) atoms. The van der Waals surface area contributed by atoms with Crippen molar-refractivity contribution in [3.05, 3.63) is 53.6 Å². The van der Waals surface area contributed by atoms with Gasteiger partial charge in [-0.1, -0.05) is 30.3 Å². The highest BCUT2D eigenvalue weighted by atomic mass is 35.5. The molecule has 4 rings (SSSR count). The molecule has 2 aromatic carbocycles. The summed E-state index contributed by atoms with van der Waals surface area (Å²) in [6, 6.07) is 14.2. The Hall–Kier alpha value is -2.57. The van der Waals surface area contributed by atoms with Crippen LogP contribution in [0.15, 0.2) is 42.5 Å². The maximum Gasteiger partial charge on any atom is 0.408 e. The first kappa shape index (κ1) is 26.0. The number of carbonyl (C=O) groups excluding carboxylic acids is 1. The lowest BCUT2D eigenvalue weighted by atomic mass is 9.87. The summed E-state index contributed by atoms with van der Waals surface area (Å²) < 4.78 is 0. The monoisotopic (exact) mass is 485 g/mol. The lowest BCUT2D eigenvalue weighted by molar-refractivity contribution is -0.117. The molecule has 0 saturated carbocycles. The molecule has 2 aliphatic heterocycles. The van der Waals surface area contributed by atoms with Crippen molar-refractivity contribution in [1.82, 2.24) is 9.80 Å². The second-order valence-corrected chi connectivity index (χ2v) is 9.73. The van der Waals surface area contributed by atoms with Gasteiger partial charge in [-0.05, 0) is 87.5 Å². The van der Waals surface area contributed by atoms with E-state index in [1.54, 1.807) is 11.8 Å². The van der Waals surface area contributed by atoms with Crippen LogP contribution in [0.3, 0.4) is 0 Å². The fraction of sp³-hybridized carbons (Fsp3) is 0.481. The van der Waals surface area contributed by atoms with E-state index in [2.05, 4.69) is 35.2 Å². The van der Waals surface area contributed by atoms with E-state index >= 15 is 0 Å². The molecular weight excluding hydrogens is 450 g/mol. The third kappa shape index (κ3) is 5.23. The number of likely N-dealkylation sites (tertiary alicyclic amines) is 1. The van der Waals surface area contributed by atoms with Crippen LogP contribution in [0.1, 0.15) is 64.1 Å². The Kier molecular flexibility index (Phi) is 8.26. The van der Waals surface area contributed by atoms with Crippen LogP contribution in [0.5, 0.6) is 0 Å². The van der Waals surface area contributed by atoms with Gasteiger partial charge in [0, 0.05) is 31.2 Å². The second kappa shape index (κ2) is 10.8. The first-order chi connectivity index (χ1) is 15.8. The van der Waals surface area contributed by atoms with Crippen LogP contribution in [0.4, 0.5) is 10.5 Å². The van der Waals surface area contributed by atoms with Crippen molar-refractivity contribution in [2.45, 2.75) is 71.6 Å². The minimum absolute atomic E-state index is 0. The number of halogens is 1. The van der Waals surface area contributed by atoms with E-state index in [4.69, 9.17) is 0 Å². The molecule has 1 fully saturated rings. The zero-order valence-electron chi connectivity index (χ0n) is 20.5. The minimum atomic E-state index is -0.930. The number of fused-ring (bicyclic) bond motifs is 1. The topological polar surface area (TPSA) is 64.1 Å². The van der Waals surface area contributed by atoms with Gasteiger partial charge in [0.25, 0.3) is 0 Å². The Morgan fingerprint density at radius 3 is 2.24 bits per heavy atom. The second-order valence-electron chi connectivity index (χ2n) is 9.73. The number of rotatable bonds is 5. The van der Waals surface area contributed by atoms with Crippen molar-refractivity contribution in [2.75, 3.05) is 18.0 Å². The zero-order chi connectivity index (χ0) is 23.7. The van der Waals surface area contributed by atoms with Crippen molar-refractivity contribution >= 4 is 30.1 Å². The van der Waals surface area contributed by atoms with Gasteiger partial charge in [-0.15, -0.1) is 12.4 Å². The van der Waals surface area contributed by atoms with E-state index in [0.29, 0.717) is 6.42 Å². The summed E-state index contributed by atoms with van der Waals surface area (Å²) in [5.74, 6) is -0.0207. The fourth-order valence-electron chi connectivity index (χ4n) is 5.47. The first-order valence-corrected chi connectivity index (χ1v) is 12.0. The highest BCUT2D eigenvalue weighted by Crippen LogP contribution is 2.43. The van der Waals surface area contributed by atoms with E-state index in [-0.39, 0.29) is 36.4 Å². The normalized spacial score (nSPS) is 20.1. The molecule has 1 saturated heterocycles. The van der Waals surface area contributed by atoms with Crippen molar-refractivity contribution < 1.29 is 14.7 Å². The van der Waals surface area contributed by atoms with Crippen molar-refractivity contribution in [3.63, 3.8) is 0 Å². The predicted octanol–water partition coefficient (Wildman–Crippen LogP) is 5.95. The highest BCUT2D eigenvalue weighted by Gasteiger charge is 2.38. The van der Waals surface area contributed by atoms with Crippen LogP contribution in [0.2, 0.25) is 0 Å². The molecule has 0 unspecified atom stereocenters. The highest BCUT2D eigenvalue weighted by molar-refractivity contribution is 5.94. The van der Waals surface area contributed by atoms with E-state index in [1.807, 2.05) is 32.9 Å². The van der Waals surface area contributed by atoms with E-state index in [9.17, 15) is 14.7 Å². The molecule has 2 heterocycles. The van der Waals surface area contributed by atoms with Crippen LogP contribution in [0, 0.1) is 0 Å². The minimum Gasteiger partial charge on any atom is -0.465 e. The SMILES string of the molecule is CC(=O)N1c2ccc(-c3ccc(CN4CCCC4)cc3)cc2[C@H](N(C(=O)O)C(C)C)C[C@@H]1C.Cl. The number of anilines is 1. The van der Waals surface area contributed by atoms with Gasteiger partial charge in [0.05, 0.1) is 6.04 Å². The van der Waals surface area contributed by atoms with Crippen LogP contribution in [-0.4, -0.2) is 52.1 Å². The van der Waals surface area contributed by atoms with Crippen LogP contribution in [-0.2, 0) is 11.3 Å². The summed E-state index contributed by atoms with van der Waals surface area (Å²) in [5, 5.41) is 9.96. The third-order valence-corrected chi connectivity index (χ3v) is 7.00. The number of carbonyl (C=O) groups is 2. The van der Waals surface area contributed by atoms with Crippen LogP contribution in [0.25, 0.3) is 11.1 Å². The van der Waals surface area contributed by atoms with E-state index in [0.717, 1.165) is 28.9 Å². The summed E-state index contributed by atoms with van der Waals surface area (Å²) in [4.78, 5) is 30.4. The lowest BCUT2D eigenvalue weighted by Gasteiger charge is -2.43. The summed E-state index contributed by atoms with van der Waals surface area (Å²) >= 11 is 0. The largest absolute Gasteiger partial charge is 0.465 e. The number of nitrogens with zero attached hydrogens (tertiary/aromatic N) is 3. The van der Waals surface area contributed by atoms with Crippen molar-refractivity contribution in [1.29, 1.82) is 0 Å². The van der Waals surface area contributed by atoms with Gasteiger partial charge in [0.2, 0.25) is 5.91 Å². The molecule has 0 aromatic heterocycles. The van der Waals surface area contributed by atoms with Gasteiger partial charge in [-0.3, -0.25) is 14.6 Å². The molecule has 2 amide bonds. The molecular formula is C27H36ClN3O3. The Labute approximate surface area is 209 Å². The molecule has 1 N–H and O–H groups in total. The number of amides is 2. The van der Waals surface area contributed by atoms with Crippen LogP contribution >= 0.6 is 12.4 Å². The Morgan fingerprint density at radius 1 is 1.06 bits per heavy atom. The Morgan fingerprint density at radius 2 is 1.68 bits per heavy atom. The Bertz CT molecular complexity index is 1020. The lowest BCUT2D eigenvalue weighted by Crippen LogP contribution is -2.48. The van der Waals surface area contributed by atoms with Gasteiger partial charge in [0.1, 0.15) is 0 Å². The van der Waals surface area contributed by atoms with Gasteiger partial charge < -0.3 is 10.0 Å².